The van der Waals surface area contributed by atoms with Crippen molar-refractivity contribution in [2.24, 2.45) is 5.73 Å². The lowest BCUT2D eigenvalue weighted by Gasteiger charge is -2.19. The Kier molecular flexibility index (Phi) is 5.12. The molecule has 2 rings (SSSR count). The molecule has 1 unspecified atom stereocenters. The molecule has 0 bridgehead atoms. The quantitative estimate of drug-likeness (QED) is 0.916. The molecule has 3 nitrogen and oxygen atoms in total. The van der Waals surface area contributed by atoms with E-state index in [0.717, 1.165) is 12.0 Å². The van der Waals surface area contributed by atoms with Crippen molar-refractivity contribution in [3.8, 4) is 0 Å². The first-order chi connectivity index (χ1) is 10.1. The molecule has 2 aromatic rings. The Morgan fingerprint density at radius 2 is 1.52 bits per heavy atom. The van der Waals surface area contributed by atoms with Crippen molar-refractivity contribution in [3.05, 3.63) is 71.3 Å². The van der Waals surface area contributed by atoms with Gasteiger partial charge in [0.2, 0.25) is 5.91 Å². The third-order valence-electron chi connectivity index (χ3n) is 3.46. The molecular weight excluding hydrogens is 260 g/mol. The van der Waals surface area contributed by atoms with Crippen LogP contribution in [0.4, 0.5) is 0 Å². The Balaban J connectivity index is 1.97. The fourth-order valence-electron chi connectivity index (χ4n) is 2.29. The molecule has 2 N–H and O–H groups in total. The van der Waals surface area contributed by atoms with Gasteiger partial charge in [0.15, 0.2) is 0 Å². The number of benzene rings is 2. The Labute approximate surface area is 126 Å². The van der Waals surface area contributed by atoms with Crippen LogP contribution in [0.1, 0.15) is 23.6 Å². The standard InChI is InChI=1S/C18H22N2O/c1-14(19)18(21)20(2)13-17-10-8-16(9-11-17)12-15-6-4-3-5-7-15/h3-11,14H,12-13,19H2,1-2H3. The van der Waals surface area contributed by atoms with E-state index in [9.17, 15) is 4.79 Å². The molecule has 0 saturated heterocycles. The van der Waals surface area contributed by atoms with Crippen LogP contribution in [0.25, 0.3) is 0 Å². The van der Waals surface area contributed by atoms with E-state index in [2.05, 4.69) is 48.5 Å². The highest BCUT2D eigenvalue weighted by Gasteiger charge is 2.13. The van der Waals surface area contributed by atoms with Gasteiger partial charge in [0, 0.05) is 13.6 Å². The number of nitrogens with two attached hydrogens (primary N) is 1. The summed E-state index contributed by atoms with van der Waals surface area (Å²) in [5.41, 5.74) is 9.29. The number of rotatable bonds is 5. The van der Waals surface area contributed by atoms with Crippen molar-refractivity contribution in [1.82, 2.24) is 4.90 Å². The number of hydrogen-bond acceptors (Lipinski definition) is 2. The second-order valence-electron chi connectivity index (χ2n) is 5.46. The van der Waals surface area contributed by atoms with Crippen molar-refractivity contribution in [2.75, 3.05) is 7.05 Å². The predicted octanol–water partition coefficient (Wildman–Crippen LogP) is 2.58. The molecule has 110 valence electrons. The van der Waals surface area contributed by atoms with Crippen molar-refractivity contribution in [1.29, 1.82) is 0 Å². The highest BCUT2D eigenvalue weighted by atomic mass is 16.2. The predicted molar refractivity (Wildman–Crippen MR) is 85.8 cm³/mol. The van der Waals surface area contributed by atoms with Gasteiger partial charge in [-0.15, -0.1) is 0 Å². The maximum atomic E-state index is 11.8. The molecule has 21 heavy (non-hydrogen) atoms. The van der Waals surface area contributed by atoms with E-state index in [-0.39, 0.29) is 5.91 Å². The third kappa shape index (κ3) is 4.43. The van der Waals surface area contributed by atoms with E-state index in [1.54, 1.807) is 18.9 Å². The van der Waals surface area contributed by atoms with Gasteiger partial charge in [-0.1, -0.05) is 54.6 Å². The lowest BCUT2D eigenvalue weighted by Crippen LogP contribution is -2.39. The monoisotopic (exact) mass is 282 g/mol. The molecule has 1 amide bonds. The molecule has 1 atom stereocenters. The van der Waals surface area contributed by atoms with Crippen LogP contribution >= 0.6 is 0 Å². The van der Waals surface area contributed by atoms with Crippen LogP contribution in [0.2, 0.25) is 0 Å². The first kappa shape index (κ1) is 15.3. The molecule has 0 aliphatic rings. The average molecular weight is 282 g/mol. The second kappa shape index (κ2) is 7.04. The van der Waals surface area contributed by atoms with Crippen LogP contribution < -0.4 is 5.73 Å². The van der Waals surface area contributed by atoms with Crippen molar-refractivity contribution in [2.45, 2.75) is 25.9 Å². The lowest BCUT2D eigenvalue weighted by atomic mass is 10.0. The topological polar surface area (TPSA) is 46.3 Å². The van der Waals surface area contributed by atoms with Gasteiger partial charge in [0.05, 0.1) is 6.04 Å². The van der Waals surface area contributed by atoms with E-state index < -0.39 is 6.04 Å². The summed E-state index contributed by atoms with van der Waals surface area (Å²) >= 11 is 0. The van der Waals surface area contributed by atoms with Crippen LogP contribution in [-0.2, 0) is 17.8 Å². The van der Waals surface area contributed by atoms with E-state index in [1.165, 1.54) is 11.1 Å². The zero-order chi connectivity index (χ0) is 15.2. The maximum absolute atomic E-state index is 11.8. The van der Waals surface area contributed by atoms with Crippen molar-refractivity contribution < 1.29 is 4.79 Å². The largest absolute Gasteiger partial charge is 0.340 e. The zero-order valence-corrected chi connectivity index (χ0v) is 12.6. The van der Waals surface area contributed by atoms with Crippen molar-refractivity contribution >= 4 is 5.91 Å². The Morgan fingerprint density at radius 3 is 2.10 bits per heavy atom. The van der Waals surface area contributed by atoms with Gasteiger partial charge in [0.25, 0.3) is 0 Å². The number of carbonyl (C=O) groups excluding carboxylic acids is 1. The van der Waals surface area contributed by atoms with Gasteiger partial charge in [-0.3, -0.25) is 4.79 Å². The molecule has 3 heteroatoms. The number of amides is 1. The summed E-state index contributed by atoms with van der Waals surface area (Å²) in [7, 11) is 1.78. The lowest BCUT2D eigenvalue weighted by molar-refractivity contribution is -0.131. The third-order valence-corrected chi connectivity index (χ3v) is 3.46. The number of likely N-dealkylation sites (N-methyl/N-ethyl adjacent to an activating group) is 1. The molecule has 0 spiro atoms. The van der Waals surface area contributed by atoms with Crippen LogP contribution in [0, 0.1) is 0 Å². The zero-order valence-electron chi connectivity index (χ0n) is 12.6. The van der Waals surface area contributed by atoms with E-state index in [4.69, 9.17) is 5.73 Å². The van der Waals surface area contributed by atoms with Gasteiger partial charge in [-0.2, -0.15) is 0 Å². The minimum Gasteiger partial charge on any atom is -0.340 e. The Hall–Kier alpha value is -2.13. The van der Waals surface area contributed by atoms with E-state index >= 15 is 0 Å². The fourth-order valence-corrected chi connectivity index (χ4v) is 2.29. The Bertz CT molecular complexity index is 576. The van der Waals surface area contributed by atoms with Crippen molar-refractivity contribution in [3.63, 3.8) is 0 Å². The summed E-state index contributed by atoms with van der Waals surface area (Å²) in [4.78, 5) is 13.4. The Morgan fingerprint density at radius 1 is 1.00 bits per heavy atom. The molecule has 2 aromatic carbocycles. The molecular formula is C18H22N2O. The van der Waals surface area contributed by atoms with Gasteiger partial charge in [0.1, 0.15) is 0 Å². The van der Waals surface area contributed by atoms with Gasteiger partial charge in [-0.05, 0) is 30.0 Å². The summed E-state index contributed by atoms with van der Waals surface area (Å²) in [6.07, 6.45) is 0.926. The van der Waals surface area contributed by atoms with Crippen LogP contribution in [0.3, 0.4) is 0 Å². The highest BCUT2D eigenvalue weighted by molar-refractivity contribution is 5.80. The second-order valence-corrected chi connectivity index (χ2v) is 5.46. The van der Waals surface area contributed by atoms with Gasteiger partial charge in [-0.25, -0.2) is 0 Å². The number of carbonyl (C=O) groups is 1. The summed E-state index contributed by atoms with van der Waals surface area (Å²) < 4.78 is 0. The molecule has 0 aliphatic heterocycles. The molecule has 0 aromatic heterocycles. The minimum absolute atomic E-state index is 0.0386. The van der Waals surface area contributed by atoms with E-state index in [0.29, 0.717) is 6.54 Å². The van der Waals surface area contributed by atoms with Crippen LogP contribution in [-0.4, -0.2) is 23.9 Å². The molecule has 0 radical (unpaired) electrons. The smallest absolute Gasteiger partial charge is 0.239 e. The SMILES string of the molecule is CC(N)C(=O)N(C)Cc1ccc(Cc2ccccc2)cc1. The van der Waals surface area contributed by atoms with Crippen LogP contribution in [0.15, 0.2) is 54.6 Å². The number of hydrogen-bond donors (Lipinski definition) is 1. The van der Waals surface area contributed by atoms with Gasteiger partial charge < -0.3 is 10.6 Å². The van der Waals surface area contributed by atoms with Gasteiger partial charge >= 0.3 is 0 Å². The average Bonchev–Trinajstić information content (AvgIpc) is 2.49. The summed E-state index contributed by atoms with van der Waals surface area (Å²) in [6, 6.07) is 18.3. The highest BCUT2D eigenvalue weighted by Crippen LogP contribution is 2.12. The van der Waals surface area contributed by atoms with E-state index in [1.807, 2.05) is 6.07 Å². The normalized spacial score (nSPS) is 12.0. The van der Waals surface area contributed by atoms with Crippen LogP contribution in [0.5, 0.6) is 0 Å². The molecule has 0 fully saturated rings. The summed E-state index contributed by atoms with van der Waals surface area (Å²) in [5, 5.41) is 0. The summed E-state index contributed by atoms with van der Waals surface area (Å²) in [5.74, 6) is -0.0386. The first-order valence-corrected chi connectivity index (χ1v) is 7.18. The maximum Gasteiger partial charge on any atom is 0.239 e. The molecule has 0 saturated carbocycles. The molecule has 0 heterocycles. The minimum atomic E-state index is -0.452. The summed E-state index contributed by atoms with van der Waals surface area (Å²) in [6.45, 7) is 2.30. The number of nitrogens with zero attached hydrogens (tertiary/aromatic N) is 1. The first-order valence-electron chi connectivity index (χ1n) is 7.18. The molecule has 0 aliphatic carbocycles. The fraction of sp³-hybridized carbons (Fsp3) is 0.278.